The number of halogens is 2. The number of nitrogens with one attached hydrogen (secondary N) is 1. The number of nitrogens with zero attached hydrogens (tertiary/aromatic N) is 5. The Labute approximate surface area is 219 Å². The zero-order chi connectivity index (χ0) is 26.4. The van der Waals surface area contributed by atoms with Crippen molar-refractivity contribution in [3.05, 3.63) is 65.6 Å². The monoisotopic (exact) mass is 520 g/mol. The van der Waals surface area contributed by atoms with Gasteiger partial charge >= 0.3 is 0 Å². The average Bonchev–Trinajstić information content (AvgIpc) is 3.43. The highest BCUT2D eigenvalue weighted by atomic mass is 19.1. The quantitative estimate of drug-likeness (QED) is 0.376. The first-order chi connectivity index (χ1) is 18.3. The maximum atomic E-state index is 14.8. The van der Waals surface area contributed by atoms with Gasteiger partial charge in [0.15, 0.2) is 23.0 Å². The van der Waals surface area contributed by atoms with Crippen molar-refractivity contribution in [3.63, 3.8) is 0 Å². The van der Waals surface area contributed by atoms with Crippen molar-refractivity contribution >= 4 is 22.7 Å². The van der Waals surface area contributed by atoms with Gasteiger partial charge in [-0.05, 0) is 62.9 Å². The molecule has 38 heavy (non-hydrogen) atoms. The Morgan fingerprint density at radius 2 is 1.95 bits per heavy atom. The Kier molecular flexibility index (Phi) is 6.23. The molecule has 1 saturated heterocycles. The van der Waals surface area contributed by atoms with E-state index in [1.54, 1.807) is 22.8 Å². The molecular weight excluding hydrogens is 490 g/mol. The summed E-state index contributed by atoms with van der Waals surface area (Å²) in [4.78, 5) is 15.7. The minimum absolute atomic E-state index is 0.00548. The maximum Gasteiger partial charge on any atom is 0.229 e. The molecule has 2 aliphatic rings. The van der Waals surface area contributed by atoms with Crippen LogP contribution in [0, 0.1) is 11.6 Å². The zero-order valence-electron chi connectivity index (χ0n) is 21.4. The highest BCUT2D eigenvalue weighted by Crippen LogP contribution is 2.38. The number of hydrogen-bond acceptors (Lipinski definition) is 7. The standard InChI is InChI=1S/C28H30F2N6O2/c1-3-28(37)11-8-17-4-7-24(33-25(17)28)36-16-22(30)20-15-31-27(34-26(20)36)32-18-5-6-23(21(29)14-18)38-19-9-12-35(2)13-10-19/h4-7,14-16,19,37H,3,8-13H2,1-2H3,(H,31,32,34)/t28-/m1/s1. The van der Waals surface area contributed by atoms with Gasteiger partial charge in [0.05, 0.1) is 11.1 Å². The number of fused-ring (bicyclic) bond motifs is 2. The van der Waals surface area contributed by atoms with E-state index in [2.05, 4.69) is 27.2 Å². The summed E-state index contributed by atoms with van der Waals surface area (Å²) in [7, 11) is 2.07. The summed E-state index contributed by atoms with van der Waals surface area (Å²) in [5, 5.41) is 14.2. The molecule has 0 spiro atoms. The Hall–Kier alpha value is -3.63. The minimum atomic E-state index is -0.984. The van der Waals surface area contributed by atoms with Gasteiger partial charge in [0.25, 0.3) is 0 Å². The predicted octanol–water partition coefficient (Wildman–Crippen LogP) is 4.85. The third kappa shape index (κ3) is 4.48. The first-order valence-corrected chi connectivity index (χ1v) is 13.0. The van der Waals surface area contributed by atoms with Gasteiger partial charge in [-0.3, -0.25) is 4.57 Å². The summed E-state index contributed by atoms with van der Waals surface area (Å²) in [6.07, 6.45) is 6.33. The topological polar surface area (TPSA) is 88.3 Å². The lowest BCUT2D eigenvalue weighted by atomic mass is 9.98. The van der Waals surface area contributed by atoms with Crippen LogP contribution in [-0.4, -0.2) is 55.8 Å². The van der Waals surface area contributed by atoms with Gasteiger partial charge in [0.2, 0.25) is 5.95 Å². The highest BCUT2D eigenvalue weighted by Gasteiger charge is 2.37. The highest BCUT2D eigenvalue weighted by molar-refractivity contribution is 5.79. The van der Waals surface area contributed by atoms with E-state index in [9.17, 15) is 13.9 Å². The number of pyridine rings is 1. The van der Waals surface area contributed by atoms with Crippen LogP contribution in [0.1, 0.15) is 43.9 Å². The molecule has 8 nitrogen and oxygen atoms in total. The van der Waals surface area contributed by atoms with Crippen LogP contribution in [0.15, 0.2) is 42.7 Å². The van der Waals surface area contributed by atoms with E-state index < -0.39 is 17.2 Å². The van der Waals surface area contributed by atoms with Crippen molar-refractivity contribution in [3.8, 4) is 11.6 Å². The van der Waals surface area contributed by atoms with E-state index in [0.29, 0.717) is 35.7 Å². The number of likely N-dealkylation sites (tertiary alicyclic amines) is 1. The van der Waals surface area contributed by atoms with Crippen molar-refractivity contribution < 1.29 is 18.6 Å². The third-order valence-corrected chi connectivity index (χ3v) is 7.69. The summed E-state index contributed by atoms with van der Waals surface area (Å²) in [6.45, 7) is 3.78. The molecule has 198 valence electrons. The summed E-state index contributed by atoms with van der Waals surface area (Å²) in [5.41, 5.74) is 1.40. The van der Waals surface area contributed by atoms with Crippen LogP contribution in [-0.2, 0) is 12.0 Å². The molecule has 2 N–H and O–H groups in total. The van der Waals surface area contributed by atoms with Gasteiger partial charge < -0.3 is 20.1 Å². The third-order valence-electron chi connectivity index (χ3n) is 7.69. The smallest absolute Gasteiger partial charge is 0.229 e. The fourth-order valence-electron chi connectivity index (χ4n) is 5.31. The van der Waals surface area contributed by atoms with Gasteiger partial charge in [-0.2, -0.15) is 4.98 Å². The van der Waals surface area contributed by atoms with Crippen molar-refractivity contribution in [1.82, 2.24) is 24.4 Å². The molecule has 1 aromatic carbocycles. The predicted molar refractivity (Wildman–Crippen MR) is 140 cm³/mol. The fraction of sp³-hybridized carbons (Fsp3) is 0.393. The number of aromatic nitrogens is 4. The van der Waals surface area contributed by atoms with Gasteiger partial charge in [-0.25, -0.2) is 18.7 Å². The molecule has 3 aromatic heterocycles. The molecule has 0 unspecified atom stereocenters. The van der Waals surface area contributed by atoms with Gasteiger partial charge in [0.1, 0.15) is 17.5 Å². The molecule has 4 aromatic rings. The lowest BCUT2D eigenvalue weighted by Gasteiger charge is -2.29. The molecule has 6 rings (SSSR count). The van der Waals surface area contributed by atoms with Crippen LogP contribution in [0.3, 0.4) is 0 Å². The second-order valence-electron chi connectivity index (χ2n) is 10.2. The van der Waals surface area contributed by atoms with E-state index in [1.807, 2.05) is 13.0 Å². The molecule has 1 fully saturated rings. The Morgan fingerprint density at radius 1 is 1.13 bits per heavy atom. The number of aryl methyl sites for hydroxylation is 1. The average molecular weight is 521 g/mol. The molecule has 0 radical (unpaired) electrons. The van der Waals surface area contributed by atoms with Crippen LogP contribution in [0.5, 0.6) is 5.75 Å². The zero-order valence-corrected chi connectivity index (χ0v) is 21.4. The van der Waals surface area contributed by atoms with Crippen LogP contribution in [0.25, 0.3) is 16.9 Å². The normalized spacial score (nSPS) is 20.1. The molecule has 0 saturated carbocycles. The summed E-state index contributed by atoms with van der Waals surface area (Å²) >= 11 is 0. The fourth-order valence-corrected chi connectivity index (χ4v) is 5.31. The Bertz CT molecular complexity index is 1500. The maximum absolute atomic E-state index is 14.8. The van der Waals surface area contributed by atoms with Crippen LogP contribution < -0.4 is 10.1 Å². The molecule has 0 amide bonds. The largest absolute Gasteiger partial charge is 0.487 e. The van der Waals surface area contributed by atoms with E-state index in [-0.39, 0.29) is 23.2 Å². The lowest BCUT2D eigenvalue weighted by Crippen LogP contribution is -2.35. The van der Waals surface area contributed by atoms with E-state index >= 15 is 0 Å². The lowest BCUT2D eigenvalue weighted by molar-refractivity contribution is 0.0306. The first kappa shape index (κ1) is 24.7. The minimum Gasteiger partial charge on any atom is -0.487 e. The summed E-state index contributed by atoms with van der Waals surface area (Å²) < 4.78 is 37.1. The van der Waals surface area contributed by atoms with Crippen LogP contribution >= 0.6 is 0 Å². The summed E-state index contributed by atoms with van der Waals surface area (Å²) in [6, 6.07) is 8.36. The molecule has 1 aliphatic heterocycles. The van der Waals surface area contributed by atoms with Gasteiger partial charge in [0, 0.05) is 37.2 Å². The SMILES string of the molecule is CC[C@@]1(O)CCc2ccc(-n3cc(F)c4cnc(Nc5ccc(OC6CCN(C)CC6)c(F)c5)nc43)nc21. The van der Waals surface area contributed by atoms with Crippen LogP contribution in [0.4, 0.5) is 20.4 Å². The van der Waals surface area contributed by atoms with Crippen molar-refractivity contribution in [2.75, 3.05) is 25.5 Å². The van der Waals surface area contributed by atoms with E-state index in [0.717, 1.165) is 37.9 Å². The van der Waals surface area contributed by atoms with Crippen molar-refractivity contribution in [2.45, 2.75) is 50.7 Å². The van der Waals surface area contributed by atoms with Crippen molar-refractivity contribution in [2.24, 2.45) is 0 Å². The number of aliphatic hydroxyl groups is 1. The first-order valence-electron chi connectivity index (χ1n) is 13.0. The number of piperidine rings is 1. The number of anilines is 2. The number of benzene rings is 1. The van der Waals surface area contributed by atoms with Crippen molar-refractivity contribution in [1.29, 1.82) is 0 Å². The molecule has 10 heteroatoms. The number of hydrogen-bond donors (Lipinski definition) is 2. The molecule has 1 atom stereocenters. The second kappa shape index (κ2) is 9.59. The second-order valence-corrected chi connectivity index (χ2v) is 10.2. The number of rotatable bonds is 6. The summed E-state index contributed by atoms with van der Waals surface area (Å²) in [5.74, 6) is -0.104. The number of ether oxygens (including phenoxy) is 1. The van der Waals surface area contributed by atoms with E-state index in [4.69, 9.17) is 9.72 Å². The molecule has 1 aliphatic carbocycles. The van der Waals surface area contributed by atoms with Gasteiger partial charge in [-0.1, -0.05) is 13.0 Å². The Morgan fingerprint density at radius 3 is 2.71 bits per heavy atom. The molecule has 4 heterocycles. The Balaban J connectivity index is 1.26. The van der Waals surface area contributed by atoms with Gasteiger partial charge in [-0.15, -0.1) is 0 Å². The molecule has 0 bridgehead atoms. The van der Waals surface area contributed by atoms with E-state index in [1.165, 1.54) is 18.5 Å². The molecular formula is C28H30F2N6O2. The van der Waals surface area contributed by atoms with Crippen LogP contribution in [0.2, 0.25) is 0 Å².